The average Bonchev–Trinajstić information content (AvgIpc) is 3.39. The van der Waals surface area contributed by atoms with Crippen molar-refractivity contribution >= 4 is 17.0 Å². The topological polar surface area (TPSA) is 64.9 Å². The number of para-hydroxylation sites is 1. The van der Waals surface area contributed by atoms with Crippen LogP contribution in [0.4, 0.5) is 19.0 Å². The summed E-state index contributed by atoms with van der Waals surface area (Å²) in [5, 5.41) is 3.04. The van der Waals surface area contributed by atoms with Crippen molar-refractivity contribution in [3.8, 4) is 5.75 Å². The van der Waals surface area contributed by atoms with E-state index < -0.39 is 12.0 Å². The molecule has 1 aliphatic carbocycles. The van der Waals surface area contributed by atoms with E-state index in [9.17, 15) is 13.2 Å². The zero-order valence-corrected chi connectivity index (χ0v) is 15.3. The van der Waals surface area contributed by atoms with Crippen LogP contribution >= 0.6 is 0 Å². The number of nitrogens with one attached hydrogen (secondary N) is 1. The molecule has 3 aromatic rings. The van der Waals surface area contributed by atoms with Gasteiger partial charge in [-0.2, -0.15) is 13.2 Å². The molecule has 148 valence electrons. The highest BCUT2D eigenvalue weighted by atomic mass is 19.4. The molecule has 0 unspecified atom stereocenters. The first kappa shape index (κ1) is 18.5. The smallest absolute Gasteiger partial charge is 0.451 e. The van der Waals surface area contributed by atoms with E-state index in [1.54, 1.807) is 11.7 Å². The molecule has 0 bridgehead atoms. The van der Waals surface area contributed by atoms with Gasteiger partial charge in [0.2, 0.25) is 5.82 Å². The Bertz CT molecular complexity index is 981. The van der Waals surface area contributed by atoms with Gasteiger partial charge in [-0.3, -0.25) is 0 Å². The molecule has 0 aliphatic heterocycles. The first-order chi connectivity index (χ1) is 13.5. The van der Waals surface area contributed by atoms with Crippen molar-refractivity contribution < 1.29 is 17.9 Å². The molecule has 1 N–H and O–H groups in total. The van der Waals surface area contributed by atoms with Crippen LogP contribution in [0, 0.1) is 0 Å². The molecule has 1 fully saturated rings. The fourth-order valence-electron chi connectivity index (χ4n) is 3.11. The molecule has 0 atom stereocenters. The largest absolute Gasteiger partial charge is 0.496 e. The lowest BCUT2D eigenvalue weighted by molar-refractivity contribution is -0.144. The van der Waals surface area contributed by atoms with Gasteiger partial charge in [0, 0.05) is 12.6 Å². The van der Waals surface area contributed by atoms with E-state index in [1.165, 1.54) is 6.33 Å². The summed E-state index contributed by atoms with van der Waals surface area (Å²) in [6.07, 6.45) is 0.204. The Kier molecular flexibility index (Phi) is 4.82. The van der Waals surface area contributed by atoms with Gasteiger partial charge in [0.15, 0.2) is 11.5 Å². The summed E-state index contributed by atoms with van der Waals surface area (Å²) in [5.74, 6) is -0.187. The molecule has 1 saturated carbocycles. The highest BCUT2D eigenvalue weighted by molar-refractivity contribution is 5.83. The lowest BCUT2D eigenvalue weighted by Crippen LogP contribution is -2.15. The number of rotatable bonds is 7. The van der Waals surface area contributed by atoms with Gasteiger partial charge in [0.25, 0.3) is 0 Å². The second-order valence-electron chi connectivity index (χ2n) is 6.84. The van der Waals surface area contributed by atoms with Crippen LogP contribution in [0.5, 0.6) is 5.75 Å². The van der Waals surface area contributed by atoms with E-state index in [2.05, 4.69) is 20.3 Å². The van der Waals surface area contributed by atoms with Crippen molar-refractivity contribution in [3.63, 3.8) is 0 Å². The molecule has 1 aliphatic rings. The van der Waals surface area contributed by atoms with Gasteiger partial charge >= 0.3 is 6.18 Å². The quantitative estimate of drug-likeness (QED) is 0.658. The summed E-state index contributed by atoms with van der Waals surface area (Å²) < 4.78 is 46.7. The first-order valence-electron chi connectivity index (χ1n) is 9.14. The number of nitrogens with zero attached hydrogens (tertiary/aromatic N) is 4. The molecule has 2 heterocycles. The SMILES string of the molecule is COc1ccccc1CCCn1cnc2c(NC3CC3)nc(C(F)(F)F)nc21. The Labute approximate surface area is 159 Å². The number of halogens is 3. The Morgan fingerprint density at radius 3 is 2.71 bits per heavy atom. The van der Waals surface area contributed by atoms with E-state index in [0.717, 1.165) is 30.6 Å². The molecular weight excluding hydrogens is 371 g/mol. The van der Waals surface area contributed by atoms with Crippen molar-refractivity contribution in [2.24, 2.45) is 0 Å². The van der Waals surface area contributed by atoms with Crippen molar-refractivity contribution in [3.05, 3.63) is 42.0 Å². The summed E-state index contributed by atoms with van der Waals surface area (Å²) in [7, 11) is 1.62. The Hall–Kier alpha value is -2.84. The van der Waals surface area contributed by atoms with Crippen LogP contribution in [0.1, 0.15) is 30.7 Å². The summed E-state index contributed by atoms with van der Waals surface area (Å²) in [5.41, 5.74) is 1.62. The molecule has 6 nitrogen and oxygen atoms in total. The van der Waals surface area contributed by atoms with Crippen molar-refractivity contribution in [1.82, 2.24) is 19.5 Å². The Morgan fingerprint density at radius 1 is 1.21 bits per heavy atom. The number of aryl methyl sites for hydroxylation is 2. The minimum absolute atomic E-state index is 0.156. The molecule has 9 heteroatoms. The Balaban J connectivity index is 1.58. The lowest BCUT2D eigenvalue weighted by atomic mass is 10.1. The third-order valence-corrected chi connectivity index (χ3v) is 4.67. The van der Waals surface area contributed by atoms with Gasteiger partial charge in [0.1, 0.15) is 11.3 Å². The summed E-state index contributed by atoms with van der Waals surface area (Å²) in [6.45, 7) is 0.492. The van der Waals surface area contributed by atoms with Gasteiger partial charge < -0.3 is 14.6 Å². The molecule has 2 aromatic heterocycles. The van der Waals surface area contributed by atoms with E-state index in [1.807, 2.05) is 24.3 Å². The fraction of sp³-hybridized carbons (Fsp3) is 0.421. The molecule has 1 aromatic carbocycles. The zero-order valence-electron chi connectivity index (χ0n) is 15.3. The maximum atomic E-state index is 13.2. The number of anilines is 1. The van der Waals surface area contributed by atoms with Crippen LogP contribution in [-0.4, -0.2) is 32.7 Å². The second-order valence-corrected chi connectivity index (χ2v) is 6.84. The number of alkyl halides is 3. The highest BCUT2D eigenvalue weighted by Gasteiger charge is 2.37. The predicted molar refractivity (Wildman–Crippen MR) is 98.3 cm³/mol. The van der Waals surface area contributed by atoms with E-state index in [0.29, 0.717) is 18.5 Å². The number of methoxy groups -OCH3 is 1. The molecule has 0 amide bonds. The Morgan fingerprint density at radius 2 is 2.00 bits per heavy atom. The first-order valence-corrected chi connectivity index (χ1v) is 9.14. The van der Waals surface area contributed by atoms with Gasteiger partial charge in [0.05, 0.1) is 13.4 Å². The average molecular weight is 391 g/mol. The summed E-state index contributed by atoms with van der Waals surface area (Å²) in [6, 6.07) is 7.86. The van der Waals surface area contributed by atoms with E-state index in [-0.39, 0.29) is 17.5 Å². The van der Waals surface area contributed by atoms with Gasteiger partial charge in [-0.25, -0.2) is 15.0 Å². The summed E-state index contributed by atoms with van der Waals surface area (Å²) >= 11 is 0. The number of fused-ring (bicyclic) bond motifs is 1. The number of ether oxygens (including phenoxy) is 1. The van der Waals surface area contributed by atoms with Gasteiger partial charge in [-0.1, -0.05) is 18.2 Å². The summed E-state index contributed by atoms with van der Waals surface area (Å²) in [4.78, 5) is 11.7. The number of hydrogen-bond donors (Lipinski definition) is 1. The van der Waals surface area contributed by atoms with Crippen LogP contribution in [0.3, 0.4) is 0 Å². The molecule has 0 spiro atoms. The molecule has 0 saturated heterocycles. The van der Waals surface area contributed by atoms with Gasteiger partial charge in [-0.15, -0.1) is 0 Å². The van der Waals surface area contributed by atoms with Crippen LogP contribution in [0.2, 0.25) is 0 Å². The number of aromatic nitrogens is 4. The molecule has 28 heavy (non-hydrogen) atoms. The van der Waals surface area contributed by atoms with Crippen LogP contribution < -0.4 is 10.1 Å². The van der Waals surface area contributed by atoms with Crippen molar-refractivity contribution in [2.45, 2.75) is 44.4 Å². The number of imidazole rings is 1. The predicted octanol–water partition coefficient (Wildman–Crippen LogP) is 4.06. The van der Waals surface area contributed by atoms with E-state index in [4.69, 9.17) is 4.74 Å². The highest BCUT2D eigenvalue weighted by Crippen LogP contribution is 2.32. The minimum atomic E-state index is -4.61. The van der Waals surface area contributed by atoms with Crippen LogP contribution in [0.15, 0.2) is 30.6 Å². The minimum Gasteiger partial charge on any atom is -0.496 e. The maximum Gasteiger partial charge on any atom is 0.451 e. The fourth-order valence-corrected chi connectivity index (χ4v) is 3.11. The second kappa shape index (κ2) is 7.29. The van der Waals surface area contributed by atoms with Crippen LogP contribution in [-0.2, 0) is 19.1 Å². The standard InChI is InChI=1S/C19H20F3N5O/c1-28-14-7-3-2-5-12(14)6-4-10-27-11-23-15-16(24-13-8-9-13)25-18(19(20,21)22)26-17(15)27/h2-3,5,7,11,13H,4,6,8-10H2,1H3,(H,24,25,26). The molecule has 0 radical (unpaired) electrons. The zero-order chi connectivity index (χ0) is 19.7. The lowest BCUT2D eigenvalue weighted by Gasteiger charge is -2.11. The number of hydrogen-bond acceptors (Lipinski definition) is 5. The molecule has 4 rings (SSSR count). The van der Waals surface area contributed by atoms with E-state index >= 15 is 0 Å². The maximum absolute atomic E-state index is 13.2. The molecular formula is C19H20F3N5O. The normalized spacial score (nSPS) is 14.4. The van der Waals surface area contributed by atoms with Crippen LogP contribution in [0.25, 0.3) is 11.2 Å². The monoisotopic (exact) mass is 391 g/mol. The third kappa shape index (κ3) is 3.88. The van der Waals surface area contributed by atoms with Crippen molar-refractivity contribution in [2.75, 3.05) is 12.4 Å². The number of benzene rings is 1. The third-order valence-electron chi connectivity index (χ3n) is 4.67. The van der Waals surface area contributed by atoms with Crippen molar-refractivity contribution in [1.29, 1.82) is 0 Å². The van der Waals surface area contributed by atoms with Gasteiger partial charge in [-0.05, 0) is 37.3 Å².